The number of anilines is 3. The number of benzene rings is 3. The fourth-order valence-corrected chi connectivity index (χ4v) is 5.39. The molecule has 2 atom stereocenters. The molecule has 3 N–H and O–H groups in total. The maximum atomic E-state index is 14.7. The van der Waals surface area contributed by atoms with E-state index < -0.39 is 68.3 Å². The van der Waals surface area contributed by atoms with E-state index in [1.54, 1.807) is 0 Å². The largest absolute Gasteiger partial charge is 0.326 e. The Hall–Kier alpha value is -2.69. The second-order valence-corrected chi connectivity index (χ2v) is 11.2. The second kappa shape index (κ2) is 11.1. The Morgan fingerprint density at radius 3 is 2.08 bits per heavy atom. The van der Waals surface area contributed by atoms with Crippen LogP contribution in [-0.4, -0.2) is 22.1 Å². The van der Waals surface area contributed by atoms with Crippen molar-refractivity contribution < 1.29 is 27.6 Å². The van der Waals surface area contributed by atoms with Crippen molar-refractivity contribution in [3.8, 4) is 0 Å². The lowest BCUT2D eigenvalue weighted by Gasteiger charge is -2.13. The molecule has 0 radical (unpaired) electrons. The average molecular weight is 640 g/mol. The number of alkyl halides is 2. The Bertz CT molecular complexity index is 1510. The zero-order valence-corrected chi connectivity index (χ0v) is 23.2. The number of nitrogens with one attached hydrogen (secondary N) is 3. The predicted octanol–water partition coefficient (Wildman–Crippen LogP) is 7.80. The highest BCUT2D eigenvalue weighted by atomic mass is 35.5. The third-order valence-electron chi connectivity index (χ3n) is 5.82. The van der Waals surface area contributed by atoms with Crippen LogP contribution in [-0.2, 0) is 9.59 Å². The summed E-state index contributed by atoms with van der Waals surface area (Å²) in [6.45, 7) is 1.11. The van der Waals surface area contributed by atoms with Gasteiger partial charge in [-0.15, -0.1) is 23.2 Å². The van der Waals surface area contributed by atoms with Gasteiger partial charge in [-0.1, -0.05) is 34.8 Å². The van der Waals surface area contributed by atoms with Crippen LogP contribution in [0.4, 0.5) is 30.2 Å². The summed E-state index contributed by atoms with van der Waals surface area (Å²) in [7, 11) is 0. The third kappa shape index (κ3) is 5.93. The summed E-state index contributed by atoms with van der Waals surface area (Å²) in [6, 6.07) is 7.74. The first kappa shape index (κ1) is 29.3. The minimum absolute atomic E-state index is 0.0264. The molecule has 1 unspecified atom stereocenters. The van der Waals surface area contributed by atoms with Crippen LogP contribution in [0.1, 0.15) is 28.8 Å². The van der Waals surface area contributed by atoms with Gasteiger partial charge >= 0.3 is 0 Å². The summed E-state index contributed by atoms with van der Waals surface area (Å²) < 4.78 is 41.9. The zero-order valence-electron chi connectivity index (χ0n) is 19.4. The van der Waals surface area contributed by atoms with Gasteiger partial charge in [-0.3, -0.25) is 14.4 Å². The average Bonchev–Trinajstić information content (AvgIpc) is 3.44. The Kier molecular flexibility index (Phi) is 8.31. The first-order valence-corrected chi connectivity index (χ1v) is 12.8. The van der Waals surface area contributed by atoms with Crippen LogP contribution in [0.2, 0.25) is 15.1 Å². The Morgan fingerprint density at radius 1 is 0.846 bits per heavy atom. The van der Waals surface area contributed by atoms with E-state index in [0.29, 0.717) is 5.56 Å². The summed E-state index contributed by atoms with van der Waals surface area (Å²) in [5, 5.41) is 6.99. The van der Waals surface area contributed by atoms with Gasteiger partial charge in [-0.2, -0.15) is 0 Å². The maximum Gasteiger partial charge on any atom is 0.258 e. The number of hydrogen-bond donors (Lipinski definition) is 3. The molecule has 1 aliphatic carbocycles. The molecule has 0 aliphatic heterocycles. The summed E-state index contributed by atoms with van der Waals surface area (Å²) in [4.78, 5) is 36.9. The summed E-state index contributed by atoms with van der Waals surface area (Å²) in [6.07, 6.45) is 0. The first-order valence-electron chi connectivity index (χ1n) is 10.9. The summed E-state index contributed by atoms with van der Waals surface area (Å²) in [5.74, 6) is -7.68. The van der Waals surface area contributed by atoms with Crippen LogP contribution in [0, 0.1) is 23.4 Å². The van der Waals surface area contributed by atoms with Gasteiger partial charge in [-0.05, 0) is 48.0 Å². The first-order chi connectivity index (χ1) is 18.2. The van der Waals surface area contributed by atoms with E-state index in [1.807, 2.05) is 5.32 Å². The quantitative estimate of drug-likeness (QED) is 0.190. The summed E-state index contributed by atoms with van der Waals surface area (Å²) in [5.41, 5.74) is -1.50. The predicted molar refractivity (Wildman–Crippen MR) is 146 cm³/mol. The monoisotopic (exact) mass is 637 g/mol. The summed E-state index contributed by atoms with van der Waals surface area (Å²) >= 11 is 30.8. The van der Waals surface area contributed by atoms with Crippen molar-refractivity contribution in [2.75, 3.05) is 16.0 Å². The van der Waals surface area contributed by atoms with E-state index in [4.69, 9.17) is 58.0 Å². The fourth-order valence-electron chi connectivity index (χ4n) is 3.95. The molecule has 6 nitrogen and oxygen atoms in total. The van der Waals surface area contributed by atoms with E-state index in [9.17, 15) is 27.6 Å². The number of amides is 3. The van der Waals surface area contributed by atoms with Crippen molar-refractivity contribution in [1.82, 2.24) is 0 Å². The molecule has 39 heavy (non-hydrogen) atoms. The Morgan fingerprint density at radius 2 is 1.46 bits per heavy atom. The Labute approximate surface area is 244 Å². The molecule has 1 aliphatic rings. The number of carbonyl (C=O) groups is 3. The lowest BCUT2D eigenvalue weighted by molar-refractivity contribution is -0.117. The molecular formula is C25H15Cl5F3N3O3. The number of halogens is 8. The van der Waals surface area contributed by atoms with Gasteiger partial charge in [0.05, 0.1) is 32.2 Å². The molecule has 0 aromatic heterocycles. The molecule has 0 spiro atoms. The minimum Gasteiger partial charge on any atom is -0.326 e. The number of carbonyl (C=O) groups excluding carboxylic acids is 3. The van der Waals surface area contributed by atoms with Crippen LogP contribution >= 0.6 is 58.0 Å². The van der Waals surface area contributed by atoms with Gasteiger partial charge in [0, 0.05) is 18.5 Å². The standard InChI is InChI=1S/C25H15Cl5F3N3O3/c1-9(37)34-17-5-4-16(32)22(21(17)33)36-23(38)12-8-11(2-3-15(12)31)35-24(39)19-18(25(19,29)30)10-6-13(26)20(28)14(27)7-10/h2-8,18-19H,1H3,(H,34,37)(H,35,39)(H,36,38)/t18-,19?/m0/s1. The highest BCUT2D eigenvalue weighted by Crippen LogP contribution is 2.65. The molecule has 4 rings (SSSR count). The highest BCUT2D eigenvalue weighted by Gasteiger charge is 2.67. The molecule has 14 heteroatoms. The van der Waals surface area contributed by atoms with E-state index in [-0.39, 0.29) is 20.8 Å². The van der Waals surface area contributed by atoms with Gasteiger partial charge in [-0.25, -0.2) is 13.2 Å². The molecular weight excluding hydrogens is 625 g/mol. The van der Waals surface area contributed by atoms with Crippen molar-refractivity contribution in [3.05, 3.63) is 86.1 Å². The minimum atomic E-state index is -1.53. The van der Waals surface area contributed by atoms with Crippen LogP contribution in [0.15, 0.2) is 42.5 Å². The second-order valence-electron chi connectivity index (χ2n) is 8.53. The molecule has 0 bridgehead atoms. The zero-order chi connectivity index (χ0) is 28.8. The highest BCUT2D eigenvalue weighted by molar-refractivity contribution is 6.54. The van der Waals surface area contributed by atoms with Crippen molar-refractivity contribution in [3.63, 3.8) is 0 Å². The topological polar surface area (TPSA) is 87.3 Å². The normalized spacial score (nSPS) is 17.4. The molecule has 3 aromatic carbocycles. The molecule has 1 fully saturated rings. The maximum absolute atomic E-state index is 14.7. The van der Waals surface area contributed by atoms with E-state index >= 15 is 0 Å². The van der Waals surface area contributed by atoms with Gasteiger partial charge in [0.25, 0.3) is 5.91 Å². The van der Waals surface area contributed by atoms with Crippen molar-refractivity contribution in [1.29, 1.82) is 0 Å². The molecule has 0 heterocycles. The van der Waals surface area contributed by atoms with E-state index in [0.717, 1.165) is 31.2 Å². The van der Waals surface area contributed by atoms with E-state index in [2.05, 4.69) is 10.6 Å². The molecule has 3 amide bonds. The van der Waals surface area contributed by atoms with Crippen LogP contribution < -0.4 is 16.0 Å². The lowest BCUT2D eigenvalue weighted by Crippen LogP contribution is -2.19. The fraction of sp³-hybridized carbons (Fsp3) is 0.160. The van der Waals surface area contributed by atoms with Crippen molar-refractivity contribution in [2.45, 2.75) is 17.2 Å². The smallest absolute Gasteiger partial charge is 0.258 e. The van der Waals surface area contributed by atoms with Crippen molar-refractivity contribution >= 4 is 92.8 Å². The molecule has 3 aromatic rings. The molecule has 0 saturated heterocycles. The molecule has 204 valence electrons. The third-order valence-corrected chi connectivity index (χ3v) is 7.96. The van der Waals surface area contributed by atoms with Gasteiger partial charge in [0.1, 0.15) is 21.7 Å². The van der Waals surface area contributed by atoms with Crippen LogP contribution in [0.3, 0.4) is 0 Å². The van der Waals surface area contributed by atoms with Crippen molar-refractivity contribution in [2.24, 2.45) is 5.92 Å². The van der Waals surface area contributed by atoms with Gasteiger partial charge < -0.3 is 16.0 Å². The van der Waals surface area contributed by atoms with Gasteiger partial charge in [0.2, 0.25) is 11.8 Å². The number of hydrogen-bond acceptors (Lipinski definition) is 3. The van der Waals surface area contributed by atoms with Crippen LogP contribution in [0.5, 0.6) is 0 Å². The SMILES string of the molecule is CC(=O)Nc1ccc(F)c(NC(=O)c2cc(NC(=O)C3[C@H](c4cc(Cl)c(Cl)c(Cl)c4)C3(Cl)Cl)ccc2F)c1F. The number of rotatable bonds is 6. The lowest BCUT2D eigenvalue weighted by atomic mass is 10.1. The van der Waals surface area contributed by atoms with Gasteiger partial charge in [0.15, 0.2) is 5.82 Å². The Balaban J connectivity index is 1.54. The van der Waals surface area contributed by atoms with Crippen LogP contribution in [0.25, 0.3) is 0 Å². The molecule has 1 saturated carbocycles. The van der Waals surface area contributed by atoms with E-state index in [1.165, 1.54) is 18.2 Å².